The Bertz CT molecular complexity index is 771. The molecule has 1 N–H and O–H groups in total. The number of likely N-dealkylation sites (tertiary alicyclic amines) is 1. The van der Waals surface area contributed by atoms with E-state index in [-0.39, 0.29) is 12.3 Å². The van der Waals surface area contributed by atoms with Gasteiger partial charge in [-0.15, -0.1) is 0 Å². The van der Waals surface area contributed by atoms with Crippen molar-refractivity contribution in [3.63, 3.8) is 0 Å². The van der Waals surface area contributed by atoms with Crippen LogP contribution in [0.4, 0.5) is 0 Å². The zero-order valence-corrected chi connectivity index (χ0v) is 15.9. The highest BCUT2D eigenvalue weighted by atomic mass is 16.3. The van der Waals surface area contributed by atoms with Gasteiger partial charge in [0, 0.05) is 33.4 Å². The molecule has 0 saturated carbocycles. The zero-order valence-electron chi connectivity index (χ0n) is 15.9. The number of benzene rings is 1. The fourth-order valence-electron chi connectivity index (χ4n) is 3.62. The van der Waals surface area contributed by atoms with Gasteiger partial charge in [0.15, 0.2) is 0 Å². The molecule has 1 amide bonds. The van der Waals surface area contributed by atoms with Crippen LogP contribution in [0.1, 0.15) is 30.5 Å². The number of aryl methyl sites for hydroxylation is 1. The fraction of sp³-hybridized carbons (Fsp3) is 0.500. The second-order valence-electron chi connectivity index (χ2n) is 7.52. The fourth-order valence-corrected chi connectivity index (χ4v) is 3.62. The van der Waals surface area contributed by atoms with Crippen molar-refractivity contribution in [3.8, 4) is 5.69 Å². The highest BCUT2D eigenvalue weighted by Gasteiger charge is 2.36. The predicted octanol–water partition coefficient (Wildman–Crippen LogP) is 1.99. The number of rotatable bonds is 5. The molecule has 6 nitrogen and oxygen atoms in total. The molecule has 2 heterocycles. The van der Waals surface area contributed by atoms with Gasteiger partial charge in [0.25, 0.3) is 0 Å². The summed E-state index contributed by atoms with van der Waals surface area (Å²) in [6.45, 7) is 4.20. The number of β-amino-alcohol motifs (C(OH)–C–C–N with tert-alkyl or cyclic N) is 1. The molecule has 1 fully saturated rings. The molecule has 1 atom stereocenters. The molecule has 0 aliphatic carbocycles. The third kappa shape index (κ3) is 4.14. The van der Waals surface area contributed by atoms with Crippen molar-refractivity contribution in [1.82, 2.24) is 19.6 Å². The van der Waals surface area contributed by atoms with Gasteiger partial charge in [-0.25, -0.2) is 4.68 Å². The Morgan fingerprint density at radius 3 is 2.81 bits per heavy atom. The highest BCUT2D eigenvalue weighted by molar-refractivity contribution is 5.76. The summed E-state index contributed by atoms with van der Waals surface area (Å²) in [4.78, 5) is 15.8. The summed E-state index contributed by atoms with van der Waals surface area (Å²) in [7, 11) is 3.46. The summed E-state index contributed by atoms with van der Waals surface area (Å²) in [5.74, 6) is -0.0284. The van der Waals surface area contributed by atoms with Crippen molar-refractivity contribution >= 4 is 5.91 Å². The van der Waals surface area contributed by atoms with Gasteiger partial charge in [-0.2, -0.15) is 5.10 Å². The molecule has 3 rings (SSSR count). The number of aromatic nitrogens is 2. The lowest BCUT2D eigenvalue weighted by Gasteiger charge is -2.39. The van der Waals surface area contributed by atoms with Crippen molar-refractivity contribution in [2.24, 2.45) is 0 Å². The van der Waals surface area contributed by atoms with Crippen molar-refractivity contribution < 1.29 is 9.90 Å². The molecule has 0 bridgehead atoms. The molecule has 1 aromatic heterocycles. The first-order valence-electron chi connectivity index (χ1n) is 9.12. The van der Waals surface area contributed by atoms with Gasteiger partial charge < -0.3 is 10.0 Å². The van der Waals surface area contributed by atoms with Crippen molar-refractivity contribution in [3.05, 3.63) is 47.8 Å². The quantitative estimate of drug-likeness (QED) is 0.890. The molecule has 0 spiro atoms. The molecule has 140 valence electrons. The number of carbonyl (C=O) groups is 1. The van der Waals surface area contributed by atoms with Gasteiger partial charge in [-0.05, 0) is 44.0 Å². The van der Waals surface area contributed by atoms with E-state index in [4.69, 9.17) is 0 Å². The van der Waals surface area contributed by atoms with Gasteiger partial charge in [-0.1, -0.05) is 18.2 Å². The van der Waals surface area contributed by atoms with E-state index in [1.807, 2.05) is 29.1 Å². The normalized spacial score (nSPS) is 20.9. The summed E-state index contributed by atoms with van der Waals surface area (Å²) in [6, 6.07) is 10.2. The van der Waals surface area contributed by atoms with Gasteiger partial charge in [0.1, 0.15) is 0 Å². The van der Waals surface area contributed by atoms with Crippen molar-refractivity contribution in [2.45, 2.75) is 38.3 Å². The first-order valence-corrected chi connectivity index (χ1v) is 9.12. The Kier molecular flexibility index (Phi) is 5.44. The molecule has 1 aliphatic heterocycles. The number of carbonyl (C=O) groups excluding carboxylic acids is 1. The minimum absolute atomic E-state index is 0.0284. The molecule has 2 aromatic rings. The van der Waals surface area contributed by atoms with Crippen LogP contribution in [0.2, 0.25) is 0 Å². The number of hydrogen-bond donors (Lipinski definition) is 1. The second-order valence-corrected chi connectivity index (χ2v) is 7.52. The van der Waals surface area contributed by atoms with Gasteiger partial charge in [-0.3, -0.25) is 9.69 Å². The van der Waals surface area contributed by atoms with Crippen LogP contribution < -0.4 is 0 Å². The van der Waals surface area contributed by atoms with Crippen LogP contribution in [0, 0.1) is 6.92 Å². The third-order valence-corrected chi connectivity index (χ3v) is 5.06. The minimum Gasteiger partial charge on any atom is -0.388 e. The summed E-state index contributed by atoms with van der Waals surface area (Å²) in [5, 5.41) is 15.4. The molecule has 1 aromatic carbocycles. The number of para-hydroxylation sites is 1. The molecule has 1 aliphatic rings. The van der Waals surface area contributed by atoms with E-state index in [1.54, 1.807) is 19.0 Å². The van der Waals surface area contributed by atoms with Crippen molar-refractivity contribution in [2.75, 3.05) is 27.2 Å². The number of piperidine rings is 1. The highest BCUT2D eigenvalue weighted by Crippen LogP contribution is 2.26. The summed E-state index contributed by atoms with van der Waals surface area (Å²) < 4.78 is 1.97. The maximum atomic E-state index is 12.0. The molecule has 26 heavy (non-hydrogen) atoms. The van der Waals surface area contributed by atoms with E-state index in [0.29, 0.717) is 19.5 Å². The monoisotopic (exact) mass is 356 g/mol. The van der Waals surface area contributed by atoms with Crippen LogP contribution in [0.3, 0.4) is 0 Å². The molecule has 1 unspecified atom stereocenters. The van der Waals surface area contributed by atoms with Crippen LogP contribution in [0.25, 0.3) is 5.69 Å². The largest absolute Gasteiger partial charge is 0.388 e. The Morgan fingerprint density at radius 1 is 1.31 bits per heavy atom. The molecule has 6 heteroatoms. The van der Waals surface area contributed by atoms with E-state index in [1.165, 1.54) is 5.56 Å². The maximum Gasteiger partial charge on any atom is 0.224 e. The Labute approximate surface area is 155 Å². The second kappa shape index (κ2) is 7.60. The average molecular weight is 356 g/mol. The van der Waals surface area contributed by atoms with Gasteiger partial charge in [0.2, 0.25) is 5.91 Å². The molecule has 1 saturated heterocycles. The smallest absolute Gasteiger partial charge is 0.224 e. The van der Waals surface area contributed by atoms with Crippen LogP contribution in [-0.4, -0.2) is 63.4 Å². The molecular weight excluding hydrogens is 328 g/mol. The van der Waals surface area contributed by atoms with E-state index >= 15 is 0 Å². The maximum absolute atomic E-state index is 12.0. The summed E-state index contributed by atoms with van der Waals surface area (Å²) in [5.41, 5.74) is 2.38. The Hall–Kier alpha value is -2.18. The minimum atomic E-state index is -0.951. The Balaban J connectivity index is 1.73. The zero-order chi connectivity index (χ0) is 18.7. The van der Waals surface area contributed by atoms with E-state index in [2.05, 4.69) is 29.1 Å². The predicted molar refractivity (Wildman–Crippen MR) is 101 cm³/mol. The number of hydrogen-bond acceptors (Lipinski definition) is 4. The first-order chi connectivity index (χ1) is 12.4. The standard InChI is InChI=1S/C20H28N4O2/c1-16-7-4-5-8-18(16)24-17(9-11-21-24)14-23-12-6-10-20(26,15-23)13-19(25)22(2)3/h4-5,7-9,11,26H,6,10,12-15H2,1-3H3. The topological polar surface area (TPSA) is 61.6 Å². The summed E-state index contributed by atoms with van der Waals surface area (Å²) in [6.07, 6.45) is 3.54. The van der Waals surface area contributed by atoms with Crippen LogP contribution >= 0.6 is 0 Å². The lowest BCUT2D eigenvalue weighted by atomic mass is 9.89. The average Bonchev–Trinajstić information content (AvgIpc) is 3.02. The Morgan fingerprint density at radius 2 is 2.08 bits per heavy atom. The van der Waals surface area contributed by atoms with Crippen molar-refractivity contribution in [1.29, 1.82) is 0 Å². The van der Waals surface area contributed by atoms with Crippen LogP contribution in [0.15, 0.2) is 36.5 Å². The summed E-state index contributed by atoms with van der Waals surface area (Å²) >= 11 is 0. The number of nitrogens with zero attached hydrogens (tertiary/aromatic N) is 4. The van der Waals surface area contributed by atoms with E-state index in [0.717, 1.165) is 24.3 Å². The first kappa shape index (κ1) is 18.6. The van der Waals surface area contributed by atoms with E-state index in [9.17, 15) is 9.90 Å². The molecular formula is C20H28N4O2. The number of amides is 1. The van der Waals surface area contributed by atoms with Gasteiger partial charge >= 0.3 is 0 Å². The molecule has 0 radical (unpaired) electrons. The van der Waals surface area contributed by atoms with Gasteiger partial charge in [0.05, 0.1) is 23.4 Å². The lowest BCUT2D eigenvalue weighted by molar-refractivity contribution is -0.136. The van der Waals surface area contributed by atoms with Crippen LogP contribution in [0.5, 0.6) is 0 Å². The third-order valence-electron chi connectivity index (χ3n) is 5.06. The van der Waals surface area contributed by atoms with E-state index < -0.39 is 5.60 Å². The SMILES string of the molecule is Cc1ccccc1-n1nccc1CN1CCCC(O)(CC(=O)N(C)C)C1. The van der Waals surface area contributed by atoms with Crippen LogP contribution in [-0.2, 0) is 11.3 Å². The lowest BCUT2D eigenvalue weighted by Crippen LogP contribution is -2.50. The number of aliphatic hydroxyl groups is 1.